The van der Waals surface area contributed by atoms with Crippen molar-refractivity contribution in [2.45, 2.75) is 26.4 Å². The number of aryl methyl sites for hydroxylation is 1. The molecule has 144 valence electrons. The van der Waals surface area contributed by atoms with E-state index in [0.717, 1.165) is 5.56 Å². The first-order chi connectivity index (χ1) is 13.2. The van der Waals surface area contributed by atoms with Crippen LogP contribution in [-0.4, -0.2) is 43.1 Å². The number of nitrogens with one attached hydrogen (secondary N) is 1. The molecule has 0 spiro atoms. The van der Waals surface area contributed by atoms with Gasteiger partial charge >= 0.3 is 0 Å². The average molecular weight is 398 g/mol. The van der Waals surface area contributed by atoms with Crippen molar-refractivity contribution in [1.82, 2.24) is 25.3 Å². The normalized spacial score (nSPS) is 11.3. The Hall–Kier alpha value is -2.90. The molecule has 1 amide bonds. The highest BCUT2D eigenvalue weighted by molar-refractivity contribution is 6.30. The lowest BCUT2D eigenvalue weighted by molar-refractivity contribution is 0.0692. The minimum absolute atomic E-state index is 0.0924. The molecule has 0 bridgehead atoms. The summed E-state index contributed by atoms with van der Waals surface area (Å²) in [5.74, 6) is 0.552. The molecule has 0 saturated carbocycles. The zero-order chi connectivity index (χ0) is 20.3. The molecule has 2 aromatic heterocycles. The number of carbonyl (C=O) groups is 1. The van der Waals surface area contributed by atoms with Crippen LogP contribution in [0.4, 0.5) is 0 Å². The molecule has 1 aromatic carbocycles. The molecule has 8 heteroatoms. The van der Waals surface area contributed by atoms with Crippen LogP contribution in [0, 0.1) is 6.92 Å². The average Bonchev–Trinajstić information content (AvgIpc) is 2.66. The van der Waals surface area contributed by atoms with Crippen LogP contribution in [0.3, 0.4) is 0 Å². The topological polar surface area (TPSA) is 101 Å². The molecular formula is C20H20ClN5O2. The summed E-state index contributed by atoms with van der Waals surface area (Å²) in [6.45, 7) is 5.10. The Morgan fingerprint density at radius 1 is 1.11 bits per heavy atom. The summed E-state index contributed by atoms with van der Waals surface area (Å²) in [5, 5.41) is 13.1. The number of rotatable bonds is 5. The van der Waals surface area contributed by atoms with Gasteiger partial charge in [0.15, 0.2) is 5.82 Å². The van der Waals surface area contributed by atoms with Crippen molar-refractivity contribution in [2.75, 3.05) is 6.54 Å². The monoisotopic (exact) mass is 397 g/mol. The largest absolute Gasteiger partial charge is 0.389 e. The quantitative estimate of drug-likeness (QED) is 0.686. The highest BCUT2D eigenvalue weighted by Crippen LogP contribution is 2.23. The maximum absolute atomic E-state index is 12.6. The first kappa shape index (κ1) is 19.9. The lowest BCUT2D eigenvalue weighted by Gasteiger charge is -2.17. The summed E-state index contributed by atoms with van der Waals surface area (Å²) in [6, 6.07) is 8.74. The van der Waals surface area contributed by atoms with Crippen molar-refractivity contribution in [2.24, 2.45) is 0 Å². The van der Waals surface area contributed by atoms with E-state index in [2.05, 4.69) is 25.3 Å². The van der Waals surface area contributed by atoms with E-state index in [9.17, 15) is 9.90 Å². The van der Waals surface area contributed by atoms with Crippen LogP contribution in [0.5, 0.6) is 0 Å². The zero-order valence-corrected chi connectivity index (χ0v) is 16.5. The predicted molar refractivity (Wildman–Crippen MR) is 107 cm³/mol. The SMILES string of the molecule is Cc1ncc(-c2nc(C(=O)NCC(C)(C)O)cc(-c3ccc(Cl)cc3)n2)cn1. The Morgan fingerprint density at radius 3 is 2.36 bits per heavy atom. The lowest BCUT2D eigenvalue weighted by atomic mass is 10.1. The van der Waals surface area contributed by atoms with Gasteiger partial charge in [0, 0.05) is 29.5 Å². The van der Waals surface area contributed by atoms with E-state index >= 15 is 0 Å². The molecule has 0 atom stereocenters. The third-order valence-corrected chi connectivity index (χ3v) is 4.07. The standard InChI is InChI=1S/C20H20ClN5O2/c1-12-22-9-14(10-23-12)18-25-16(13-4-6-15(21)7-5-13)8-17(26-18)19(27)24-11-20(2,3)28/h4-10,28H,11H2,1-3H3,(H,24,27). The molecule has 0 unspecified atom stereocenters. The second kappa shape index (κ2) is 8.00. The van der Waals surface area contributed by atoms with E-state index in [1.165, 1.54) is 0 Å². The molecule has 0 radical (unpaired) electrons. The van der Waals surface area contributed by atoms with Gasteiger partial charge in [-0.25, -0.2) is 19.9 Å². The zero-order valence-electron chi connectivity index (χ0n) is 15.8. The van der Waals surface area contributed by atoms with Crippen molar-refractivity contribution in [3.8, 4) is 22.6 Å². The fourth-order valence-corrected chi connectivity index (χ4v) is 2.48. The number of halogens is 1. The molecule has 0 aliphatic heterocycles. The summed E-state index contributed by atoms with van der Waals surface area (Å²) in [6.07, 6.45) is 3.23. The summed E-state index contributed by atoms with van der Waals surface area (Å²) in [7, 11) is 0. The Morgan fingerprint density at radius 2 is 1.75 bits per heavy atom. The second-order valence-corrected chi connectivity index (χ2v) is 7.42. The van der Waals surface area contributed by atoms with Crippen LogP contribution in [0.2, 0.25) is 5.02 Å². The third kappa shape index (κ3) is 5.09. The minimum Gasteiger partial charge on any atom is -0.389 e. The molecular weight excluding hydrogens is 378 g/mol. The second-order valence-electron chi connectivity index (χ2n) is 6.98. The van der Waals surface area contributed by atoms with Crippen molar-refractivity contribution in [1.29, 1.82) is 0 Å². The van der Waals surface area contributed by atoms with Gasteiger partial charge in [-0.15, -0.1) is 0 Å². The predicted octanol–water partition coefficient (Wildman–Crippen LogP) is 3.06. The molecule has 0 fully saturated rings. The molecule has 2 heterocycles. The van der Waals surface area contributed by atoms with Crippen LogP contribution < -0.4 is 5.32 Å². The summed E-state index contributed by atoms with van der Waals surface area (Å²) < 4.78 is 0. The molecule has 2 N–H and O–H groups in total. The van der Waals surface area contributed by atoms with Crippen LogP contribution in [-0.2, 0) is 0 Å². The Labute approximate surface area is 167 Å². The highest BCUT2D eigenvalue weighted by Gasteiger charge is 2.18. The van der Waals surface area contributed by atoms with Crippen molar-refractivity contribution < 1.29 is 9.90 Å². The third-order valence-electron chi connectivity index (χ3n) is 3.82. The number of aromatic nitrogens is 4. The fourth-order valence-electron chi connectivity index (χ4n) is 2.36. The van der Waals surface area contributed by atoms with Crippen molar-refractivity contribution in [3.05, 3.63) is 59.3 Å². The highest BCUT2D eigenvalue weighted by atomic mass is 35.5. The van der Waals surface area contributed by atoms with Crippen LogP contribution >= 0.6 is 11.6 Å². The van der Waals surface area contributed by atoms with Crippen molar-refractivity contribution in [3.63, 3.8) is 0 Å². The Kier molecular flexibility index (Phi) is 5.67. The van der Waals surface area contributed by atoms with Crippen LogP contribution in [0.15, 0.2) is 42.7 Å². The smallest absolute Gasteiger partial charge is 0.270 e. The van der Waals surface area contributed by atoms with Gasteiger partial charge in [0.1, 0.15) is 11.5 Å². The molecule has 0 aliphatic rings. The number of aliphatic hydroxyl groups is 1. The fraction of sp³-hybridized carbons (Fsp3) is 0.250. The van der Waals surface area contributed by atoms with Gasteiger partial charge in [-0.2, -0.15) is 0 Å². The van der Waals surface area contributed by atoms with Gasteiger partial charge < -0.3 is 10.4 Å². The number of amides is 1. The Balaban J connectivity index is 2.04. The summed E-state index contributed by atoms with van der Waals surface area (Å²) in [5.41, 5.74) is 1.10. The molecule has 0 saturated heterocycles. The van der Waals surface area contributed by atoms with E-state index < -0.39 is 11.5 Å². The number of benzene rings is 1. The number of nitrogens with zero attached hydrogens (tertiary/aromatic N) is 4. The molecule has 3 rings (SSSR count). The van der Waals surface area contributed by atoms with E-state index in [0.29, 0.717) is 27.9 Å². The summed E-state index contributed by atoms with van der Waals surface area (Å²) in [4.78, 5) is 29.9. The van der Waals surface area contributed by atoms with E-state index in [4.69, 9.17) is 11.6 Å². The number of hydrogen-bond acceptors (Lipinski definition) is 6. The number of carbonyl (C=O) groups excluding carboxylic acids is 1. The van der Waals surface area contributed by atoms with Crippen LogP contribution in [0.1, 0.15) is 30.2 Å². The van der Waals surface area contributed by atoms with Gasteiger partial charge in [-0.3, -0.25) is 4.79 Å². The van der Waals surface area contributed by atoms with Crippen LogP contribution in [0.25, 0.3) is 22.6 Å². The molecule has 7 nitrogen and oxygen atoms in total. The van der Waals surface area contributed by atoms with Crippen molar-refractivity contribution >= 4 is 17.5 Å². The first-order valence-electron chi connectivity index (χ1n) is 8.66. The maximum Gasteiger partial charge on any atom is 0.270 e. The molecule has 3 aromatic rings. The molecule has 0 aliphatic carbocycles. The first-order valence-corrected chi connectivity index (χ1v) is 9.04. The van der Waals surface area contributed by atoms with E-state index in [1.54, 1.807) is 51.4 Å². The van der Waals surface area contributed by atoms with E-state index in [1.807, 2.05) is 12.1 Å². The van der Waals surface area contributed by atoms with Gasteiger partial charge in [0.05, 0.1) is 16.9 Å². The Bertz CT molecular complexity index is 919. The van der Waals surface area contributed by atoms with Gasteiger partial charge in [0.25, 0.3) is 5.91 Å². The maximum atomic E-state index is 12.6. The summed E-state index contributed by atoms with van der Waals surface area (Å²) >= 11 is 5.97. The lowest BCUT2D eigenvalue weighted by Crippen LogP contribution is -2.38. The minimum atomic E-state index is -1.03. The van der Waals surface area contributed by atoms with Gasteiger partial charge in [-0.1, -0.05) is 23.7 Å². The van der Waals surface area contributed by atoms with E-state index in [-0.39, 0.29) is 12.2 Å². The number of hydrogen-bond donors (Lipinski definition) is 2. The van der Waals surface area contributed by atoms with Gasteiger partial charge in [-0.05, 0) is 39.0 Å². The molecule has 28 heavy (non-hydrogen) atoms. The van der Waals surface area contributed by atoms with Gasteiger partial charge in [0.2, 0.25) is 0 Å².